The first-order valence-corrected chi connectivity index (χ1v) is 8.59. The van der Waals surface area contributed by atoms with Gasteiger partial charge in [0.05, 0.1) is 0 Å². The van der Waals surface area contributed by atoms with E-state index in [1.54, 1.807) is 0 Å². The number of nitrogens with one attached hydrogen (secondary N) is 2. The third kappa shape index (κ3) is 3.40. The van der Waals surface area contributed by atoms with E-state index < -0.39 is 0 Å². The highest BCUT2D eigenvalue weighted by atomic mass is 33.7. The molecule has 0 amide bonds. The topological polar surface area (TPSA) is 135 Å². The van der Waals surface area contributed by atoms with Crippen molar-refractivity contribution < 1.29 is 0 Å². The van der Waals surface area contributed by atoms with E-state index in [1.807, 2.05) is 0 Å². The van der Waals surface area contributed by atoms with Crippen LogP contribution in [0.4, 0.5) is 11.9 Å². The fraction of sp³-hybridized carbons (Fsp3) is 0. The third-order valence-corrected chi connectivity index (χ3v) is 6.76. The van der Waals surface area contributed by atoms with Crippen molar-refractivity contribution in [2.24, 2.45) is 0 Å². The molecule has 6 N–H and O–H groups in total. The van der Waals surface area contributed by atoms with Crippen molar-refractivity contribution in [3.05, 3.63) is 0 Å². The largest absolute Gasteiger partial charge is 0.368 e. The Labute approximate surface area is 105 Å². The van der Waals surface area contributed by atoms with Gasteiger partial charge in [-0.25, -0.2) is 10.2 Å². The first-order valence-electron chi connectivity index (χ1n) is 3.77. The molecule has 8 nitrogen and oxygen atoms in total. The minimum absolute atomic E-state index is 0.308. The van der Waals surface area contributed by atoms with Gasteiger partial charge >= 0.3 is 0 Å². The molecule has 0 aliphatic rings. The Hall–Kier alpha value is -0.720. The van der Waals surface area contributed by atoms with E-state index in [1.165, 1.54) is 41.2 Å². The van der Waals surface area contributed by atoms with Gasteiger partial charge in [0.25, 0.3) is 0 Å². The number of nitrogens with two attached hydrogens (primary N) is 2. The van der Waals surface area contributed by atoms with Crippen LogP contribution < -0.4 is 11.5 Å². The highest BCUT2D eigenvalue weighted by Gasteiger charge is 2.05. The molecule has 2 aromatic rings. The molecule has 0 fully saturated rings. The molecular weight excluding hydrogens is 288 g/mol. The van der Waals surface area contributed by atoms with Gasteiger partial charge in [0, 0.05) is 0 Å². The average molecular weight is 294 g/mol. The van der Waals surface area contributed by atoms with Gasteiger partial charge < -0.3 is 11.5 Å². The molecule has 2 rings (SSSR count). The van der Waals surface area contributed by atoms with Crippen molar-refractivity contribution in [3.8, 4) is 0 Å². The highest BCUT2D eigenvalue weighted by Crippen LogP contribution is 2.47. The molecule has 0 aliphatic heterocycles. The normalized spacial score (nSPS) is 10.8. The molecule has 0 spiro atoms. The zero-order chi connectivity index (χ0) is 11.4. The summed E-state index contributed by atoms with van der Waals surface area (Å²) in [5.74, 6) is 0.616. The summed E-state index contributed by atoms with van der Waals surface area (Å²) in [6.45, 7) is 0. The van der Waals surface area contributed by atoms with Crippen LogP contribution in [0.1, 0.15) is 0 Å². The Morgan fingerprint density at radius 3 is 1.56 bits per heavy atom. The number of hydrogen-bond donors (Lipinski definition) is 4. The van der Waals surface area contributed by atoms with E-state index in [0.717, 1.165) is 0 Å². The number of rotatable bonds is 5. The van der Waals surface area contributed by atoms with E-state index >= 15 is 0 Å². The van der Waals surface area contributed by atoms with Crippen LogP contribution in [-0.2, 0) is 0 Å². The standard InChI is InChI=1S/C4H6N8S4/c5-1-7-3(11-9-1)13-15-16-14-4-8-2(6)10-12-4/h(H3,5,7,9,11)(H3,6,8,10,12). The second-order valence-corrected chi connectivity index (χ2v) is 7.91. The average Bonchev–Trinajstić information content (AvgIpc) is 2.83. The van der Waals surface area contributed by atoms with Crippen LogP contribution in [0.5, 0.6) is 0 Å². The molecular formula is C4H6N8S4. The molecule has 0 unspecified atom stereocenters. The molecule has 0 bridgehead atoms. The summed E-state index contributed by atoms with van der Waals surface area (Å²) in [5.41, 5.74) is 10.7. The van der Waals surface area contributed by atoms with Gasteiger partial charge in [0.2, 0.25) is 22.2 Å². The van der Waals surface area contributed by atoms with Crippen LogP contribution in [0.3, 0.4) is 0 Å². The summed E-state index contributed by atoms with van der Waals surface area (Å²) in [7, 11) is 5.76. The summed E-state index contributed by atoms with van der Waals surface area (Å²) in [5, 5.41) is 14.0. The molecule has 86 valence electrons. The Kier molecular flexibility index (Phi) is 4.09. The summed E-state index contributed by atoms with van der Waals surface area (Å²) < 4.78 is 0. The fourth-order valence-corrected chi connectivity index (χ4v) is 5.37. The summed E-state index contributed by atoms with van der Waals surface area (Å²) in [6.07, 6.45) is 0. The zero-order valence-corrected chi connectivity index (χ0v) is 10.8. The smallest absolute Gasteiger partial charge is 0.221 e. The first-order chi connectivity index (χ1) is 7.74. The predicted octanol–water partition coefficient (Wildman–Crippen LogP) is 1.18. The SMILES string of the molecule is Nc1nc(SSSSc2n[nH]c(N)n2)n[nH]1. The number of aromatic nitrogens is 6. The minimum atomic E-state index is 0.308. The molecule has 0 saturated heterocycles. The molecule has 12 heteroatoms. The lowest BCUT2D eigenvalue weighted by atomic mass is 11.1. The number of H-pyrrole nitrogens is 2. The van der Waals surface area contributed by atoms with Crippen LogP contribution in [-0.4, -0.2) is 30.4 Å². The first kappa shape index (κ1) is 11.8. The lowest BCUT2D eigenvalue weighted by Gasteiger charge is -1.91. The van der Waals surface area contributed by atoms with Gasteiger partial charge in [-0.1, -0.05) is 0 Å². The predicted molar refractivity (Wildman–Crippen MR) is 68.5 cm³/mol. The lowest BCUT2D eigenvalue weighted by Crippen LogP contribution is -1.84. The van der Waals surface area contributed by atoms with Crippen molar-refractivity contribution in [1.82, 2.24) is 30.4 Å². The van der Waals surface area contributed by atoms with Crippen molar-refractivity contribution in [3.63, 3.8) is 0 Å². The number of nitrogens with zero attached hydrogens (tertiary/aromatic N) is 4. The lowest BCUT2D eigenvalue weighted by molar-refractivity contribution is 0.979. The van der Waals surface area contributed by atoms with E-state index in [-0.39, 0.29) is 0 Å². The van der Waals surface area contributed by atoms with Gasteiger partial charge in [-0.2, -0.15) is 9.97 Å². The van der Waals surface area contributed by atoms with Crippen LogP contribution in [0.2, 0.25) is 0 Å². The van der Waals surface area contributed by atoms with Crippen molar-refractivity contribution in [2.45, 2.75) is 10.3 Å². The maximum Gasteiger partial charge on any atom is 0.221 e. The number of nitrogen functional groups attached to an aromatic ring is 2. The number of aromatic amines is 2. The molecule has 0 radical (unpaired) electrons. The van der Waals surface area contributed by atoms with Crippen LogP contribution in [0, 0.1) is 0 Å². The van der Waals surface area contributed by atoms with E-state index in [9.17, 15) is 0 Å². The van der Waals surface area contributed by atoms with Crippen LogP contribution in [0.25, 0.3) is 0 Å². The van der Waals surface area contributed by atoms with Crippen LogP contribution >= 0.6 is 41.2 Å². The Morgan fingerprint density at radius 1 is 0.812 bits per heavy atom. The third-order valence-electron chi connectivity index (χ3n) is 1.21. The summed E-state index contributed by atoms with van der Waals surface area (Å²) in [4.78, 5) is 7.87. The highest BCUT2D eigenvalue weighted by molar-refractivity contribution is 9.26. The Morgan fingerprint density at radius 2 is 1.25 bits per heavy atom. The second-order valence-electron chi connectivity index (χ2n) is 2.31. The van der Waals surface area contributed by atoms with Gasteiger partial charge in [-0.15, -0.1) is 10.2 Å². The van der Waals surface area contributed by atoms with E-state index in [2.05, 4.69) is 30.4 Å². The number of hydrogen-bond acceptors (Lipinski definition) is 10. The Balaban J connectivity index is 1.69. The van der Waals surface area contributed by atoms with Crippen molar-refractivity contribution in [1.29, 1.82) is 0 Å². The zero-order valence-electron chi connectivity index (χ0n) is 7.58. The molecule has 0 aromatic carbocycles. The minimum Gasteiger partial charge on any atom is -0.368 e. The van der Waals surface area contributed by atoms with Gasteiger partial charge in [-0.05, 0) is 41.2 Å². The molecule has 0 atom stereocenters. The maximum absolute atomic E-state index is 5.37. The Bertz CT molecular complexity index is 410. The fourth-order valence-electron chi connectivity index (χ4n) is 0.679. The molecule has 0 aliphatic carbocycles. The quantitative estimate of drug-likeness (QED) is 0.470. The second kappa shape index (κ2) is 5.56. The van der Waals surface area contributed by atoms with E-state index in [4.69, 9.17) is 11.5 Å². The number of anilines is 2. The van der Waals surface area contributed by atoms with Gasteiger partial charge in [-0.3, -0.25) is 0 Å². The molecule has 16 heavy (non-hydrogen) atoms. The van der Waals surface area contributed by atoms with Gasteiger partial charge in [0.15, 0.2) is 0 Å². The summed E-state index contributed by atoms with van der Waals surface area (Å²) in [6, 6.07) is 0. The summed E-state index contributed by atoms with van der Waals surface area (Å²) >= 11 is 0. The van der Waals surface area contributed by atoms with Gasteiger partial charge in [0.1, 0.15) is 0 Å². The van der Waals surface area contributed by atoms with E-state index in [0.29, 0.717) is 22.2 Å². The van der Waals surface area contributed by atoms with Crippen LogP contribution in [0.15, 0.2) is 10.3 Å². The monoisotopic (exact) mass is 294 g/mol. The molecule has 2 aromatic heterocycles. The molecule has 2 heterocycles. The van der Waals surface area contributed by atoms with Crippen molar-refractivity contribution in [2.75, 3.05) is 11.5 Å². The van der Waals surface area contributed by atoms with Crippen molar-refractivity contribution >= 4 is 53.1 Å². The maximum atomic E-state index is 5.37. The molecule has 0 saturated carbocycles.